The van der Waals surface area contributed by atoms with Crippen LogP contribution in [0.5, 0.6) is 5.88 Å². The van der Waals surface area contributed by atoms with E-state index in [0.29, 0.717) is 17.1 Å². The lowest BCUT2D eigenvalue weighted by atomic mass is 10.1. The molecule has 2 rings (SSSR count). The van der Waals surface area contributed by atoms with Gasteiger partial charge in [-0.3, -0.25) is 5.32 Å². The Morgan fingerprint density at radius 1 is 1.07 bits per heavy atom. The second-order valence-corrected chi connectivity index (χ2v) is 6.36. The van der Waals surface area contributed by atoms with Crippen molar-refractivity contribution in [3.63, 3.8) is 0 Å². The number of benzene rings is 1. The quantitative estimate of drug-likeness (QED) is 0.729. The van der Waals surface area contributed by atoms with E-state index < -0.39 is 36.1 Å². The fourth-order valence-electron chi connectivity index (χ4n) is 1.86. The molecule has 0 aliphatic rings. The van der Waals surface area contributed by atoms with Gasteiger partial charge in [0, 0.05) is 20.2 Å². The van der Waals surface area contributed by atoms with Crippen molar-refractivity contribution in [2.24, 2.45) is 0 Å². The molecule has 0 unspecified atom stereocenters. The first-order valence-electron chi connectivity index (χ1n) is 7.22. The van der Waals surface area contributed by atoms with Crippen LogP contribution in [0.25, 0.3) is 0 Å². The first-order chi connectivity index (χ1) is 12.4. The monoisotopic (exact) mass is 413 g/mol. The van der Waals surface area contributed by atoms with E-state index >= 15 is 0 Å². The maximum atomic E-state index is 12.8. The summed E-state index contributed by atoms with van der Waals surface area (Å²) in [7, 11) is 3.03. The molecule has 0 saturated heterocycles. The van der Waals surface area contributed by atoms with Crippen LogP contribution in [0.1, 0.15) is 16.7 Å². The van der Waals surface area contributed by atoms with Crippen molar-refractivity contribution < 1.29 is 35.9 Å². The number of ether oxygens (including phenoxy) is 1. The van der Waals surface area contributed by atoms with Gasteiger partial charge in [0.25, 0.3) is 0 Å². The summed E-state index contributed by atoms with van der Waals surface area (Å²) < 4.78 is 85.9. The second kappa shape index (κ2) is 7.62. The van der Waals surface area contributed by atoms with Gasteiger partial charge in [-0.05, 0) is 35.3 Å². The zero-order valence-electron chi connectivity index (χ0n) is 13.9. The zero-order valence-corrected chi connectivity index (χ0v) is 14.7. The van der Waals surface area contributed by atoms with Crippen LogP contribution in [0, 0.1) is 0 Å². The van der Waals surface area contributed by atoms with Crippen molar-refractivity contribution in [2.75, 3.05) is 19.4 Å². The Kier molecular flexibility index (Phi) is 5.88. The standard InChI is InChI=1S/C15H13F6N3O2S/c1-24(2)13(25)22-12-6-11(23-27-12)26-7-8-3-9(14(16,17)18)5-10(4-8)15(19,20)21/h3-6H,7H2,1-2H3,(H,22,25). The molecule has 5 nitrogen and oxygen atoms in total. The highest BCUT2D eigenvalue weighted by molar-refractivity contribution is 7.10. The van der Waals surface area contributed by atoms with E-state index in [9.17, 15) is 31.1 Å². The molecule has 148 valence electrons. The number of nitrogens with one attached hydrogen (secondary N) is 1. The van der Waals surface area contributed by atoms with Crippen molar-refractivity contribution in [3.8, 4) is 5.88 Å². The highest BCUT2D eigenvalue weighted by atomic mass is 32.1. The minimum absolute atomic E-state index is 0.0416. The van der Waals surface area contributed by atoms with E-state index in [1.54, 1.807) is 0 Å². The lowest BCUT2D eigenvalue weighted by Crippen LogP contribution is -2.26. The highest BCUT2D eigenvalue weighted by Gasteiger charge is 2.36. The number of amides is 2. The van der Waals surface area contributed by atoms with Crippen LogP contribution in [0.15, 0.2) is 24.3 Å². The van der Waals surface area contributed by atoms with Crippen LogP contribution in [0.4, 0.5) is 36.1 Å². The third kappa shape index (κ3) is 5.74. The molecule has 1 aromatic heterocycles. The Hall–Kier alpha value is -2.50. The molecule has 0 fully saturated rings. The van der Waals surface area contributed by atoms with Crippen LogP contribution < -0.4 is 10.1 Å². The molecule has 1 heterocycles. The summed E-state index contributed by atoms with van der Waals surface area (Å²) >= 11 is 0.852. The molecule has 0 bridgehead atoms. The maximum Gasteiger partial charge on any atom is 0.416 e. The van der Waals surface area contributed by atoms with Crippen LogP contribution >= 0.6 is 11.5 Å². The molecule has 1 N–H and O–H groups in total. The van der Waals surface area contributed by atoms with Gasteiger partial charge in [0.1, 0.15) is 11.6 Å². The number of anilines is 1. The van der Waals surface area contributed by atoms with Crippen molar-refractivity contribution in [1.29, 1.82) is 0 Å². The van der Waals surface area contributed by atoms with Gasteiger partial charge in [-0.25, -0.2) is 4.79 Å². The molecule has 2 amide bonds. The van der Waals surface area contributed by atoms with Crippen LogP contribution in [0.3, 0.4) is 0 Å². The molecule has 1 aromatic carbocycles. The fraction of sp³-hybridized carbons (Fsp3) is 0.333. The molecule has 12 heteroatoms. The van der Waals surface area contributed by atoms with E-state index in [1.165, 1.54) is 25.1 Å². The van der Waals surface area contributed by atoms with Gasteiger partial charge in [0.2, 0.25) is 5.88 Å². The number of nitrogens with zero attached hydrogens (tertiary/aromatic N) is 2. The Labute approximate surface area is 153 Å². The molecule has 2 aromatic rings. The molecule has 0 radical (unpaired) electrons. The third-order valence-corrected chi connectivity index (χ3v) is 3.85. The van der Waals surface area contributed by atoms with Crippen molar-refractivity contribution in [1.82, 2.24) is 9.27 Å². The molecule has 0 saturated carbocycles. The smallest absolute Gasteiger partial charge is 0.416 e. The zero-order chi connectivity index (χ0) is 20.4. The van der Waals surface area contributed by atoms with Gasteiger partial charge < -0.3 is 9.64 Å². The highest BCUT2D eigenvalue weighted by Crippen LogP contribution is 2.36. The Morgan fingerprint density at radius 3 is 2.11 bits per heavy atom. The number of carbonyl (C=O) groups excluding carboxylic acids is 1. The third-order valence-electron chi connectivity index (χ3n) is 3.16. The average molecular weight is 413 g/mol. The number of rotatable bonds is 4. The minimum atomic E-state index is -4.93. The first kappa shape index (κ1) is 20.8. The number of hydrogen-bond donors (Lipinski definition) is 1. The fourth-order valence-corrected chi connectivity index (χ4v) is 2.44. The van der Waals surface area contributed by atoms with Gasteiger partial charge >= 0.3 is 18.4 Å². The summed E-state index contributed by atoms with van der Waals surface area (Å²) in [6.45, 7) is -0.558. The number of carbonyl (C=O) groups is 1. The molecule has 0 aliphatic carbocycles. The predicted molar refractivity (Wildman–Crippen MR) is 85.6 cm³/mol. The van der Waals surface area contributed by atoms with E-state index in [2.05, 4.69) is 9.69 Å². The van der Waals surface area contributed by atoms with E-state index in [4.69, 9.17) is 4.74 Å². The van der Waals surface area contributed by atoms with Crippen molar-refractivity contribution in [3.05, 3.63) is 41.0 Å². The van der Waals surface area contributed by atoms with Crippen molar-refractivity contribution in [2.45, 2.75) is 19.0 Å². The normalized spacial score (nSPS) is 12.0. The molecule has 0 spiro atoms. The van der Waals surface area contributed by atoms with E-state index in [-0.39, 0.29) is 17.5 Å². The minimum Gasteiger partial charge on any atom is -0.472 e. The first-order valence-corrected chi connectivity index (χ1v) is 8.00. The topological polar surface area (TPSA) is 54.5 Å². The van der Waals surface area contributed by atoms with E-state index in [0.717, 1.165) is 11.5 Å². The average Bonchev–Trinajstić information content (AvgIpc) is 2.98. The Bertz CT molecular complexity index is 784. The summed E-state index contributed by atoms with van der Waals surface area (Å²) in [5.74, 6) is -0.0416. The SMILES string of the molecule is CN(C)C(=O)Nc1cc(OCc2cc(C(F)(F)F)cc(C(F)(F)F)c2)ns1. The van der Waals surface area contributed by atoms with Crippen molar-refractivity contribution >= 4 is 22.6 Å². The molecule has 27 heavy (non-hydrogen) atoms. The molecular formula is C15H13F6N3O2S. The Morgan fingerprint density at radius 2 is 1.63 bits per heavy atom. The lowest BCUT2D eigenvalue weighted by Gasteiger charge is -2.14. The second-order valence-electron chi connectivity index (χ2n) is 5.56. The van der Waals surface area contributed by atoms with Gasteiger partial charge in [0.05, 0.1) is 11.1 Å². The summed E-state index contributed by atoms with van der Waals surface area (Å²) in [5, 5.41) is 2.79. The number of urea groups is 1. The summed E-state index contributed by atoms with van der Waals surface area (Å²) in [4.78, 5) is 12.8. The number of alkyl halides is 6. The lowest BCUT2D eigenvalue weighted by molar-refractivity contribution is -0.143. The Balaban J connectivity index is 2.16. The summed E-state index contributed by atoms with van der Waals surface area (Å²) in [5.41, 5.74) is -3.16. The molecular weight excluding hydrogens is 400 g/mol. The summed E-state index contributed by atoms with van der Waals surface area (Å²) in [6, 6.07) is 2.08. The van der Waals surface area contributed by atoms with Gasteiger partial charge in [-0.1, -0.05) is 0 Å². The van der Waals surface area contributed by atoms with Gasteiger partial charge in [-0.15, -0.1) is 0 Å². The summed E-state index contributed by atoms with van der Waals surface area (Å²) in [6.07, 6.45) is -9.86. The van der Waals surface area contributed by atoms with Crippen LogP contribution in [0.2, 0.25) is 0 Å². The largest absolute Gasteiger partial charge is 0.472 e. The van der Waals surface area contributed by atoms with Gasteiger partial charge in [0.15, 0.2) is 0 Å². The van der Waals surface area contributed by atoms with Crippen LogP contribution in [-0.2, 0) is 19.0 Å². The molecule has 0 aliphatic heterocycles. The molecule has 0 atom stereocenters. The van der Waals surface area contributed by atoms with Gasteiger partial charge in [-0.2, -0.15) is 30.7 Å². The number of aromatic nitrogens is 1. The predicted octanol–water partition coefficient (Wildman–Crippen LogP) is 4.85. The van der Waals surface area contributed by atoms with E-state index in [1.807, 2.05) is 0 Å². The maximum absolute atomic E-state index is 12.8. The number of hydrogen-bond acceptors (Lipinski definition) is 4. The number of halogens is 6. The van der Waals surface area contributed by atoms with Crippen LogP contribution in [-0.4, -0.2) is 29.4 Å².